The number of hydrogen-bond donors (Lipinski definition) is 1. The van der Waals surface area contributed by atoms with E-state index in [1.54, 1.807) is 0 Å². The van der Waals surface area contributed by atoms with Gasteiger partial charge in [-0.2, -0.15) is 5.26 Å². The van der Waals surface area contributed by atoms with Crippen LogP contribution in [0.2, 0.25) is 0 Å². The lowest BCUT2D eigenvalue weighted by molar-refractivity contribution is -0.0791. The Kier molecular flexibility index (Phi) is 2.52. The zero-order valence-electron chi connectivity index (χ0n) is 10.8. The van der Waals surface area contributed by atoms with E-state index in [9.17, 15) is 10.4 Å². The molecule has 0 radical (unpaired) electrons. The first-order valence-corrected chi connectivity index (χ1v) is 7.27. The minimum Gasteiger partial charge on any atom is -0.388 e. The summed E-state index contributed by atoms with van der Waals surface area (Å²) in [5.74, 6) is 1.85. The number of nitriles is 1. The van der Waals surface area contributed by atoms with E-state index >= 15 is 0 Å². The van der Waals surface area contributed by atoms with E-state index in [2.05, 4.69) is 13.0 Å². The molecule has 0 amide bonds. The van der Waals surface area contributed by atoms with Crippen molar-refractivity contribution < 1.29 is 5.11 Å². The van der Waals surface area contributed by atoms with Gasteiger partial charge in [0, 0.05) is 0 Å². The summed E-state index contributed by atoms with van der Waals surface area (Å²) in [6.45, 7) is 2.20. The van der Waals surface area contributed by atoms with Crippen molar-refractivity contribution in [2.24, 2.45) is 23.2 Å². The third-order valence-corrected chi connectivity index (χ3v) is 6.05. The lowest BCUT2D eigenvalue weighted by Gasteiger charge is -2.43. The quantitative estimate of drug-likeness (QED) is 0.795. The van der Waals surface area contributed by atoms with E-state index in [4.69, 9.17) is 0 Å². The lowest BCUT2D eigenvalue weighted by atomic mass is 9.62. The summed E-state index contributed by atoms with van der Waals surface area (Å²) >= 11 is 0. The van der Waals surface area contributed by atoms with Crippen LogP contribution in [-0.4, -0.2) is 10.7 Å². The second kappa shape index (κ2) is 3.72. The van der Waals surface area contributed by atoms with Crippen LogP contribution in [0.15, 0.2) is 0 Å². The van der Waals surface area contributed by atoms with Crippen LogP contribution in [0.25, 0.3) is 0 Å². The third kappa shape index (κ3) is 1.41. The van der Waals surface area contributed by atoms with Crippen molar-refractivity contribution in [3.8, 4) is 6.07 Å². The summed E-state index contributed by atoms with van der Waals surface area (Å²) in [4.78, 5) is 0. The molecule has 3 fully saturated rings. The highest BCUT2D eigenvalue weighted by Gasteiger charge is 2.63. The van der Waals surface area contributed by atoms with Crippen LogP contribution in [0, 0.1) is 34.5 Å². The van der Waals surface area contributed by atoms with Crippen molar-refractivity contribution >= 4 is 0 Å². The molecule has 5 atom stereocenters. The van der Waals surface area contributed by atoms with Crippen LogP contribution >= 0.6 is 0 Å². The molecule has 2 bridgehead atoms. The highest BCUT2D eigenvalue weighted by atomic mass is 16.3. The maximum absolute atomic E-state index is 11.0. The number of fused-ring (bicyclic) bond motifs is 2. The second-order valence-corrected chi connectivity index (χ2v) is 6.71. The van der Waals surface area contributed by atoms with Crippen LogP contribution in [0.4, 0.5) is 0 Å². The van der Waals surface area contributed by atoms with Crippen molar-refractivity contribution in [3.63, 3.8) is 0 Å². The average Bonchev–Trinajstić information content (AvgIpc) is 3.02. The van der Waals surface area contributed by atoms with E-state index in [1.807, 2.05) is 0 Å². The van der Waals surface area contributed by atoms with E-state index in [0.29, 0.717) is 11.8 Å². The molecule has 5 unspecified atom stereocenters. The van der Waals surface area contributed by atoms with Gasteiger partial charge in [-0.25, -0.2) is 0 Å². The Morgan fingerprint density at radius 2 is 2.12 bits per heavy atom. The molecule has 0 spiro atoms. The van der Waals surface area contributed by atoms with Crippen LogP contribution < -0.4 is 0 Å². The van der Waals surface area contributed by atoms with Gasteiger partial charge in [0.2, 0.25) is 0 Å². The molecule has 3 aliphatic rings. The van der Waals surface area contributed by atoms with E-state index in [0.717, 1.165) is 38.0 Å². The first-order valence-electron chi connectivity index (χ1n) is 7.27. The number of rotatable bonds is 2. The first-order chi connectivity index (χ1) is 8.13. The first kappa shape index (κ1) is 11.5. The summed E-state index contributed by atoms with van der Waals surface area (Å²) in [6, 6.07) is 2.59. The number of nitrogens with zero attached hydrogens (tertiary/aromatic N) is 1. The molecule has 3 aliphatic carbocycles. The molecule has 0 aliphatic heterocycles. The highest BCUT2D eigenvalue weighted by Crippen LogP contribution is 2.64. The Morgan fingerprint density at radius 1 is 1.29 bits per heavy atom. The van der Waals surface area contributed by atoms with Gasteiger partial charge in [-0.05, 0) is 56.3 Å². The van der Waals surface area contributed by atoms with Gasteiger partial charge in [0.15, 0.2) is 0 Å². The van der Waals surface area contributed by atoms with Gasteiger partial charge < -0.3 is 5.11 Å². The van der Waals surface area contributed by atoms with Crippen molar-refractivity contribution in [2.75, 3.05) is 0 Å². The molecule has 0 heterocycles. The molecule has 2 nitrogen and oxygen atoms in total. The van der Waals surface area contributed by atoms with Gasteiger partial charge in [-0.15, -0.1) is 0 Å². The largest absolute Gasteiger partial charge is 0.388 e. The summed E-state index contributed by atoms with van der Waals surface area (Å²) in [5.41, 5.74) is -1.05. The minimum absolute atomic E-state index is 0.389. The monoisotopic (exact) mass is 233 g/mol. The molecule has 94 valence electrons. The van der Waals surface area contributed by atoms with E-state index < -0.39 is 5.60 Å². The smallest absolute Gasteiger partial charge is 0.0891 e. The second-order valence-electron chi connectivity index (χ2n) is 6.71. The molecule has 2 heteroatoms. The zero-order valence-corrected chi connectivity index (χ0v) is 10.8. The Morgan fingerprint density at radius 3 is 2.59 bits per heavy atom. The molecule has 17 heavy (non-hydrogen) atoms. The van der Waals surface area contributed by atoms with E-state index in [1.165, 1.54) is 19.3 Å². The molecule has 0 aromatic rings. The zero-order chi connectivity index (χ0) is 12.1. The fourth-order valence-corrected chi connectivity index (χ4v) is 5.02. The number of hydrogen-bond acceptors (Lipinski definition) is 2. The van der Waals surface area contributed by atoms with Gasteiger partial charge in [-0.1, -0.05) is 19.8 Å². The normalized spacial score (nSPS) is 52.9. The maximum atomic E-state index is 11.0. The van der Waals surface area contributed by atoms with Gasteiger partial charge >= 0.3 is 0 Å². The molecular weight excluding hydrogens is 210 g/mol. The predicted octanol–water partition coefficient (Wildman–Crippen LogP) is 3.26. The Labute approximate surface area is 104 Å². The summed E-state index contributed by atoms with van der Waals surface area (Å²) in [5, 5.41) is 20.8. The van der Waals surface area contributed by atoms with Crippen LogP contribution in [0.1, 0.15) is 58.3 Å². The summed E-state index contributed by atoms with van der Waals surface area (Å²) < 4.78 is 0. The van der Waals surface area contributed by atoms with Gasteiger partial charge in [0.25, 0.3) is 0 Å². The highest BCUT2D eigenvalue weighted by molar-refractivity contribution is 5.21. The molecule has 1 N–H and O–H groups in total. The Hall–Kier alpha value is -0.550. The predicted molar refractivity (Wildman–Crippen MR) is 66.1 cm³/mol. The van der Waals surface area contributed by atoms with Crippen molar-refractivity contribution in [3.05, 3.63) is 0 Å². The molecule has 0 saturated heterocycles. The van der Waals surface area contributed by atoms with Crippen molar-refractivity contribution in [1.29, 1.82) is 5.26 Å². The standard InChI is InChI=1S/C15H23NO/c1-2-11-5-6-15(17,9-11)14(10-16)8-12-3-4-13(14)7-12/h11-13,17H,2-9H2,1H3. The summed E-state index contributed by atoms with van der Waals surface area (Å²) in [7, 11) is 0. The van der Waals surface area contributed by atoms with Crippen molar-refractivity contribution in [1.82, 2.24) is 0 Å². The molecule has 3 rings (SSSR count). The van der Waals surface area contributed by atoms with Gasteiger partial charge in [0.05, 0.1) is 17.1 Å². The van der Waals surface area contributed by atoms with Crippen LogP contribution in [0.3, 0.4) is 0 Å². The van der Waals surface area contributed by atoms with Gasteiger partial charge in [-0.3, -0.25) is 0 Å². The topological polar surface area (TPSA) is 44.0 Å². The fourth-order valence-electron chi connectivity index (χ4n) is 5.02. The SMILES string of the molecule is CCC1CCC(O)(C2(C#N)CC3CCC2C3)C1. The minimum atomic E-state index is -0.664. The average molecular weight is 233 g/mol. The van der Waals surface area contributed by atoms with Crippen LogP contribution in [0.5, 0.6) is 0 Å². The molecular formula is C15H23NO. The van der Waals surface area contributed by atoms with Crippen molar-refractivity contribution in [2.45, 2.75) is 63.9 Å². The fraction of sp³-hybridized carbons (Fsp3) is 0.933. The van der Waals surface area contributed by atoms with E-state index in [-0.39, 0.29) is 5.41 Å². The molecule has 3 saturated carbocycles. The molecule has 0 aromatic carbocycles. The van der Waals surface area contributed by atoms with Crippen LogP contribution in [-0.2, 0) is 0 Å². The third-order valence-electron chi connectivity index (χ3n) is 6.05. The Bertz CT molecular complexity index is 360. The Balaban J connectivity index is 1.89. The number of aliphatic hydroxyl groups is 1. The lowest BCUT2D eigenvalue weighted by Crippen LogP contribution is -2.49. The maximum Gasteiger partial charge on any atom is 0.0891 e. The van der Waals surface area contributed by atoms with Gasteiger partial charge in [0.1, 0.15) is 0 Å². The molecule has 0 aromatic heterocycles. The summed E-state index contributed by atoms with van der Waals surface area (Å²) in [6.07, 6.45) is 8.65.